The summed E-state index contributed by atoms with van der Waals surface area (Å²) in [4.78, 5) is 24.4. The maximum absolute atomic E-state index is 12.3. The van der Waals surface area contributed by atoms with E-state index in [4.69, 9.17) is 5.73 Å². The van der Waals surface area contributed by atoms with Crippen LogP contribution in [0.3, 0.4) is 0 Å². The van der Waals surface area contributed by atoms with E-state index in [1.54, 1.807) is 24.3 Å². The molecular formula is C19H24N4O2. The van der Waals surface area contributed by atoms with Crippen molar-refractivity contribution in [3.63, 3.8) is 0 Å². The van der Waals surface area contributed by atoms with Gasteiger partial charge in [0.15, 0.2) is 0 Å². The second kappa shape index (κ2) is 8.84. The zero-order valence-corrected chi connectivity index (χ0v) is 14.6. The molecule has 0 unspecified atom stereocenters. The van der Waals surface area contributed by atoms with Crippen LogP contribution in [-0.4, -0.2) is 31.4 Å². The van der Waals surface area contributed by atoms with Crippen molar-refractivity contribution in [2.24, 2.45) is 5.73 Å². The molecule has 5 N–H and O–H groups in total. The zero-order chi connectivity index (χ0) is 18.2. The molecule has 0 radical (unpaired) electrons. The third-order valence-corrected chi connectivity index (χ3v) is 3.78. The van der Waals surface area contributed by atoms with Crippen LogP contribution in [0.2, 0.25) is 0 Å². The Balaban J connectivity index is 2.02. The van der Waals surface area contributed by atoms with E-state index < -0.39 is 0 Å². The van der Waals surface area contributed by atoms with E-state index in [1.165, 1.54) is 0 Å². The van der Waals surface area contributed by atoms with Crippen molar-refractivity contribution in [3.8, 4) is 0 Å². The minimum Gasteiger partial charge on any atom is -0.376 e. The SMILES string of the molecule is Cc1cccc(C)c1NCC(=O)Nc1ccccc1C(=O)NCCN. The van der Waals surface area contributed by atoms with E-state index in [9.17, 15) is 9.59 Å². The van der Waals surface area contributed by atoms with Gasteiger partial charge >= 0.3 is 0 Å². The number of carbonyl (C=O) groups is 2. The Morgan fingerprint density at radius 2 is 1.68 bits per heavy atom. The lowest BCUT2D eigenvalue weighted by atomic mass is 10.1. The van der Waals surface area contributed by atoms with E-state index in [0.29, 0.717) is 24.3 Å². The molecule has 0 aliphatic rings. The number of benzene rings is 2. The lowest BCUT2D eigenvalue weighted by Crippen LogP contribution is -2.30. The molecule has 0 saturated carbocycles. The number of nitrogens with two attached hydrogens (primary N) is 1. The molecule has 2 amide bonds. The number of anilines is 2. The molecule has 2 aromatic rings. The quantitative estimate of drug-likeness (QED) is 0.620. The molecule has 2 aromatic carbocycles. The average Bonchev–Trinajstić information content (AvgIpc) is 2.59. The van der Waals surface area contributed by atoms with Crippen molar-refractivity contribution in [2.45, 2.75) is 13.8 Å². The van der Waals surface area contributed by atoms with Crippen LogP contribution in [-0.2, 0) is 4.79 Å². The molecule has 132 valence electrons. The molecule has 0 aliphatic heterocycles. The highest BCUT2D eigenvalue weighted by Gasteiger charge is 2.13. The fraction of sp³-hybridized carbons (Fsp3) is 0.263. The monoisotopic (exact) mass is 340 g/mol. The van der Waals surface area contributed by atoms with Gasteiger partial charge in [0, 0.05) is 18.8 Å². The fourth-order valence-corrected chi connectivity index (χ4v) is 2.53. The predicted octanol–water partition coefficient (Wildman–Crippen LogP) is 2.04. The first-order valence-electron chi connectivity index (χ1n) is 8.20. The molecule has 0 bridgehead atoms. The van der Waals surface area contributed by atoms with E-state index in [-0.39, 0.29) is 18.4 Å². The van der Waals surface area contributed by atoms with Gasteiger partial charge in [0.2, 0.25) is 5.91 Å². The molecule has 0 aliphatic carbocycles. The molecule has 25 heavy (non-hydrogen) atoms. The van der Waals surface area contributed by atoms with Gasteiger partial charge in [0.05, 0.1) is 17.8 Å². The number of para-hydroxylation sites is 2. The molecule has 0 spiro atoms. The highest BCUT2D eigenvalue weighted by atomic mass is 16.2. The number of amides is 2. The lowest BCUT2D eigenvalue weighted by Gasteiger charge is -2.14. The summed E-state index contributed by atoms with van der Waals surface area (Å²) in [6.45, 7) is 4.84. The van der Waals surface area contributed by atoms with Crippen LogP contribution < -0.4 is 21.7 Å². The van der Waals surface area contributed by atoms with Crippen molar-refractivity contribution >= 4 is 23.2 Å². The first-order chi connectivity index (χ1) is 12.0. The number of hydrogen-bond donors (Lipinski definition) is 4. The van der Waals surface area contributed by atoms with Gasteiger partial charge in [0.1, 0.15) is 0 Å². The summed E-state index contributed by atoms with van der Waals surface area (Å²) in [6, 6.07) is 12.9. The van der Waals surface area contributed by atoms with Crippen LogP contribution in [0.5, 0.6) is 0 Å². The smallest absolute Gasteiger partial charge is 0.253 e. The Labute approximate surface area is 147 Å². The van der Waals surface area contributed by atoms with Crippen LogP contribution >= 0.6 is 0 Å². The largest absolute Gasteiger partial charge is 0.376 e. The summed E-state index contributed by atoms with van der Waals surface area (Å²) in [5, 5.41) is 8.64. The van der Waals surface area contributed by atoms with E-state index in [2.05, 4.69) is 16.0 Å². The van der Waals surface area contributed by atoms with E-state index >= 15 is 0 Å². The van der Waals surface area contributed by atoms with E-state index in [0.717, 1.165) is 16.8 Å². The molecule has 2 rings (SSSR count). The second-order valence-electron chi connectivity index (χ2n) is 5.76. The van der Waals surface area contributed by atoms with Gasteiger partial charge in [-0.05, 0) is 37.1 Å². The van der Waals surface area contributed by atoms with Crippen LogP contribution in [0, 0.1) is 13.8 Å². The number of aryl methyl sites for hydroxylation is 2. The van der Waals surface area contributed by atoms with Gasteiger partial charge in [-0.15, -0.1) is 0 Å². The maximum atomic E-state index is 12.3. The Morgan fingerprint density at radius 1 is 1.00 bits per heavy atom. The maximum Gasteiger partial charge on any atom is 0.253 e. The van der Waals surface area contributed by atoms with Crippen LogP contribution in [0.4, 0.5) is 11.4 Å². The van der Waals surface area contributed by atoms with Gasteiger partial charge in [-0.3, -0.25) is 9.59 Å². The number of nitrogens with one attached hydrogen (secondary N) is 3. The Kier molecular flexibility index (Phi) is 6.54. The number of carbonyl (C=O) groups excluding carboxylic acids is 2. The standard InChI is InChI=1S/C19H24N4O2/c1-13-6-5-7-14(2)18(13)22-12-17(24)23-16-9-4-3-8-15(16)19(25)21-11-10-20/h3-9,22H,10-12,20H2,1-2H3,(H,21,25)(H,23,24). The average molecular weight is 340 g/mol. The number of hydrogen-bond acceptors (Lipinski definition) is 4. The first kappa shape index (κ1) is 18.5. The summed E-state index contributed by atoms with van der Waals surface area (Å²) < 4.78 is 0. The normalized spacial score (nSPS) is 10.2. The first-order valence-corrected chi connectivity index (χ1v) is 8.20. The molecule has 6 heteroatoms. The Bertz CT molecular complexity index is 739. The van der Waals surface area contributed by atoms with Crippen LogP contribution in [0.25, 0.3) is 0 Å². The van der Waals surface area contributed by atoms with Gasteiger partial charge in [-0.2, -0.15) is 0 Å². The highest BCUT2D eigenvalue weighted by Crippen LogP contribution is 2.19. The highest BCUT2D eigenvalue weighted by molar-refractivity contribution is 6.04. The Morgan fingerprint density at radius 3 is 2.36 bits per heavy atom. The third-order valence-electron chi connectivity index (χ3n) is 3.78. The summed E-state index contributed by atoms with van der Waals surface area (Å²) in [5.41, 5.74) is 9.40. The summed E-state index contributed by atoms with van der Waals surface area (Å²) >= 11 is 0. The van der Waals surface area contributed by atoms with Crippen molar-refractivity contribution in [1.82, 2.24) is 5.32 Å². The molecule has 0 fully saturated rings. The van der Waals surface area contributed by atoms with Crippen LogP contribution in [0.15, 0.2) is 42.5 Å². The van der Waals surface area contributed by atoms with E-state index in [1.807, 2.05) is 32.0 Å². The van der Waals surface area contributed by atoms with Crippen molar-refractivity contribution < 1.29 is 9.59 Å². The predicted molar refractivity (Wildman–Crippen MR) is 101 cm³/mol. The van der Waals surface area contributed by atoms with Gasteiger partial charge in [0.25, 0.3) is 5.91 Å². The van der Waals surface area contributed by atoms with Crippen molar-refractivity contribution in [2.75, 3.05) is 30.3 Å². The minimum atomic E-state index is -0.260. The van der Waals surface area contributed by atoms with Crippen molar-refractivity contribution in [1.29, 1.82) is 0 Å². The second-order valence-corrected chi connectivity index (χ2v) is 5.76. The van der Waals surface area contributed by atoms with Gasteiger partial charge in [-0.1, -0.05) is 30.3 Å². The molecular weight excluding hydrogens is 316 g/mol. The minimum absolute atomic E-state index is 0.116. The van der Waals surface area contributed by atoms with Crippen molar-refractivity contribution in [3.05, 3.63) is 59.2 Å². The fourth-order valence-electron chi connectivity index (χ4n) is 2.53. The Hall–Kier alpha value is -2.86. The molecule has 0 aromatic heterocycles. The van der Waals surface area contributed by atoms with Crippen LogP contribution in [0.1, 0.15) is 21.5 Å². The zero-order valence-electron chi connectivity index (χ0n) is 14.6. The topological polar surface area (TPSA) is 96.2 Å². The summed E-state index contributed by atoms with van der Waals surface area (Å²) in [5.74, 6) is -0.481. The summed E-state index contributed by atoms with van der Waals surface area (Å²) in [6.07, 6.45) is 0. The van der Waals surface area contributed by atoms with Gasteiger partial charge < -0.3 is 21.7 Å². The number of rotatable bonds is 7. The molecule has 0 heterocycles. The third kappa shape index (κ3) is 5.06. The summed E-state index contributed by atoms with van der Waals surface area (Å²) in [7, 11) is 0. The van der Waals surface area contributed by atoms with Gasteiger partial charge in [-0.25, -0.2) is 0 Å². The molecule has 0 atom stereocenters. The molecule has 6 nitrogen and oxygen atoms in total. The molecule has 0 saturated heterocycles. The lowest BCUT2D eigenvalue weighted by molar-refractivity contribution is -0.114.